The molecule has 0 atom stereocenters. The zero-order chi connectivity index (χ0) is 15.1. The van der Waals surface area contributed by atoms with E-state index in [4.69, 9.17) is 4.52 Å². The van der Waals surface area contributed by atoms with Crippen molar-refractivity contribution in [2.45, 2.75) is 20.8 Å². The molecule has 1 aliphatic heterocycles. The minimum absolute atomic E-state index is 0.341. The van der Waals surface area contributed by atoms with Crippen LogP contribution in [0.1, 0.15) is 22.7 Å². The second-order valence-corrected chi connectivity index (χ2v) is 5.82. The second kappa shape index (κ2) is 4.92. The molecule has 0 aromatic carbocycles. The fourth-order valence-electron chi connectivity index (χ4n) is 2.31. The standard InChI is InChI=1S/C14H13N3O3S/c1-7-4-10(6-11-13(18)15-14(19)21-11)9(3)17(7)12-5-8(2)20-16-12/h4-6H,1-3H3,(H,15,18,19)/b11-6-. The quantitative estimate of drug-likeness (QED) is 0.863. The normalized spacial score (nSPS) is 16.8. The van der Waals surface area contributed by atoms with Crippen LogP contribution in [0.3, 0.4) is 0 Å². The van der Waals surface area contributed by atoms with E-state index < -0.39 is 0 Å². The van der Waals surface area contributed by atoms with Crippen molar-refractivity contribution in [3.05, 3.63) is 39.7 Å². The molecule has 1 saturated heterocycles. The Balaban J connectivity index is 2.04. The van der Waals surface area contributed by atoms with Crippen LogP contribution in [-0.2, 0) is 4.79 Å². The number of imide groups is 1. The zero-order valence-corrected chi connectivity index (χ0v) is 12.6. The van der Waals surface area contributed by atoms with Crippen LogP contribution >= 0.6 is 11.8 Å². The number of hydrogen-bond acceptors (Lipinski definition) is 5. The lowest BCUT2D eigenvalue weighted by molar-refractivity contribution is -0.115. The van der Waals surface area contributed by atoms with Crippen LogP contribution in [0.25, 0.3) is 11.9 Å². The molecule has 7 heteroatoms. The van der Waals surface area contributed by atoms with Crippen LogP contribution in [0.2, 0.25) is 0 Å². The first-order valence-corrected chi connectivity index (χ1v) is 7.15. The largest absolute Gasteiger partial charge is 0.360 e. The molecule has 21 heavy (non-hydrogen) atoms. The van der Waals surface area contributed by atoms with E-state index in [-0.39, 0.29) is 11.1 Å². The minimum atomic E-state index is -0.355. The summed E-state index contributed by atoms with van der Waals surface area (Å²) in [6.45, 7) is 5.72. The van der Waals surface area contributed by atoms with Gasteiger partial charge in [0.1, 0.15) is 5.76 Å². The van der Waals surface area contributed by atoms with E-state index in [1.807, 2.05) is 37.5 Å². The third-order valence-corrected chi connectivity index (χ3v) is 4.05. The molecule has 1 fully saturated rings. The van der Waals surface area contributed by atoms with Gasteiger partial charge in [-0.1, -0.05) is 5.16 Å². The van der Waals surface area contributed by atoms with Gasteiger partial charge in [-0.3, -0.25) is 19.5 Å². The van der Waals surface area contributed by atoms with Gasteiger partial charge in [0.15, 0.2) is 5.82 Å². The Labute approximate surface area is 125 Å². The van der Waals surface area contributed by atoms with Crippen molar-refractivity contribution >= 4 is 29.0 Å². The van der Waals surface area contributed by atoms with Gasteiger partial charge in [-0.2, -0.15) is 0 Å². The molecule has 3 rings (SSSR count). The topological polar surface area (TPSA) is 77.1 Å². The summed E-state index contributed by atoms with van der Waals surface area (Å²) in [7, 11) is 0. The molecule has 3 heterocycles. The van der Waals surface area contributed by atoms with Gasteiger partial charge in [0, 0.05) is 17.5 Å². The van der Waals surface area contributed by atoms with Crippen LogP contribution in [0.15, 0.2) is 21.6 Å². The summed E-state index contributed by atoms with van der Waals surface area (Å²) in [5.74, 6) is 1.08. The molecule has 0 radical (unpaired) electrons. The van der Waals surface area contributed by atoms with Crippen molar-refractivity contribution in [1.82, 2.24) is 15.0 Å². The zero-order valence-electron chi connectivity index (χ0n) is 11.8. The Hall–Kier alpha value is -2.28. The maximum Gasteiger partial charge on any atom is 0.290 e. The van der Waals surface area contributed by atoms with E-state index in [0.29, 0.717) is 10.7 Å². The predicted octanol–water partition coefficient (Wildman–Crippen LogP) is 2.71. The number of carbonyl (C=O) groups excluding carboxylic acids is 2. The van der Waals surface area contributed by atoms with Gasteiger partial charge in [0.25, 0.3) is 11.1 Å². The van der Waals surface area contributed by atoms with Gasteiger partial charge in [0.2, 0.25) is 0 Å². The van der Waals surface area contributed by atoms with E-state index in [0.717, 1.165) is 34.5 Å². The Bertz CT molecular complexity index is 785. The molecule has 1 N–H and O–H groups in total. The smallest absolute Gasteiger partial charge is 0.290 e. The third-order valence-electron chi connectivity index (χ3n) is 3.24. The molecule has 6 nitrogen and oxygen atoms in total. The average molecular weight is 303 g/mol. The first kappa shape index (κ1) is 13.7. The van der Waals surface area contributed by atoms with Crippen molar-refractivity contribution in [2.75, 3.05) is 0 Å². The van der Waals surface area contributed by atoms with Crippen LogP contribution in [0.5, 0.6) is 0 Å². The summed E-state index contributed by atoms with van der Waals surface area (Å²) in [4.78, 5) is 23.2. The second-order valence-electron chi connectivity index (χ2n) is 4.81. The van der Waals surface area contributed by atoms with Crippen molar-refractivity contribution in [1.29, 1.82) is 0 Å². The molecule has 0 bridgehead atoms. The number of hydrogen-bond donors (Lipinski definition) is 1. The number of amides is 2. The maximum absolute atomic E-state index is 11.6. The van der Waals surface area contributed by atoms with Gasteiger partial charge in [-0.15, -0.1) is 0 Å². The van der Waals surface area contributed by atoms with Gasteiger partial charge in [-0.25, -0.2) is 0 Å². The van der Waals surface area contributed by atoms with Crippen molar-refractivity contribution in [2.24, 2.45) is 0 Å². The summed E-state index contributed by atoms with van der Waals surface area (Å²) >= 11 is 0.910. The van der Waals surface area contributed by atoms with Crippen molar-refractivity contribution in [3.63, 3.8) is 0 Å². The number of aryl methyl sites for hydroxylation is 2. The van der Waals surface area contributed by atoms with E-state index in [9.17, 15) is 9.59 Å². The van der Waals surface area contributed by atoms with Crippen molar-refractivity contribution in [3.8, 4) is 5.82 Å². The summed E-state index contributed by atoms with van der Waals surface area (Å²) in [5, 5.41) is 5.91. The molecular weight excluding hydrogens is 290 g/mol. The summed E-state index contributed by atoms with van der Waals surface area (Å²) in [5.41, 5.74) is 2.78. The molecule has 2 amide bonds. The number of nitrogens with zero attached hydrogens (tertiary/aromatic N) is 2. The third kappa shape index (κ3) is 2.40. The van der Waals surface area contributed by atoms with Gasteiger partial charge in [-0.05, 0) is 50.2 Å². The van der Waals surface area contributed by atoms with E-state index in [2.05, 4.69) is 10.5 Å². The number of carbonyl (C=O) groups is 2. The highest BCUT2D eigenvalue weighted by atomic mass is 32.2. The van der Waals surface area contributed by atoms with E-state index in [1.165, 1.54) is 0 Å². The van der Waals surface area contributed by atoms with Gasteiger partial charge >= 0.3 is 0 Å². The summed E-state index contributed by atoms with van der Waals surface area (Å²) in [6.07, 6.45) is 1.72. The van der Waals surface area contributed by atoms with Crippen LogP contribution in [-0.4, -0.2) is 20.9 Å². The highest BCUT2D eigenvalue weighted by Crippen LogP contribution is 2.28. The molecule has 1 aliphatic rings. The molecular formula is C14H13N3O3S. The molecule has 0 unspecified atom stereocenters. The van der Waals surface area contributed by atoms with Gasteiger partial charge in [0.05, 0.1) is 4.91 Å². The predicted molar refractivity (Wildman–Crippen MR) is 79.1 cm³/mol. The Kier molecular flexibility index (Phi) is 3.21. The number of nitrogens with one attached hydrogen (secondary N) is 1. The summed E-state index contributed by atoms with van der Waals surface area (Å²) < 4.78 is 7.05. The first-order chi connectivity index (χ1) is 9.95. The fraction of sp³-hybridized carbons (Fsp3) is 0.214. The highest BCUT2D eigenvalue weighted by Gasteiger charge is 2.25. The lowest BCUT2D eigenvalue weighted by Crippen LogP contribution is -2.17. The Morgan fingerprint density at radius 1 is 1.29 bits per heavy atom. The SMILES string of the molecule is Cc1cc(-n2c(C)cc(/C=C3\SC(=O)NC3=O)c2C)no1. The minimum Gasteiger partial charge on any atom is -0.360 e. The Morgan fingerprint density at radius 2 is 2.05 bits per heavy atom. The van der Waals surface area contributed by atoms with Crippen LogP contribution in [0.4, 0.5) is 4.79 Å². The Morgan fingerprint density at radius 3 is 2.62 bits per heavy atom. The van der Waals surface area contributed by atoms with Crippen molar-refractivity contribution < 1.29 is 14.1 Å². The average Bonchev–Trinajstić information content (AvgIpc) is 3.02. The lowest BCUT2D eigenvalue weighted by Gasteiger charge is -2.04. The summed E-state index contributed by atoms with van der Waals surface area (Å²) in [6, 6.07) is 3.79. The molecule has 0 aliphatic carbocycles. The molecule has 0 saturated carbocycles. The van der Waals surface area contributed by atoms with Crippen LogP contribution < -0.4 is 5.32 Å². The lowest BCUT2D eigenvalue weighted by atomic mass is 10.2. The molecule has 0 spiro atoms. The number of thioether (sulfide) groups is 1. The van der Waals surface area contributed by atoms with E-state index in [1.54, 1.807) is 6.08 Å². The first-order valence-electron chi connectivity index (χ1n) is 6.33. The fourth-order valence-corrected chi connectivity index (χ4v) is 2.98. The maximum atomic E-state index is 11.6. The number of aromatic nitrogens is 2. The highest BCUT2D eigenvalue weighted by molar-refractivity contribution is 8.18. The molecule has 2 aromatic heterocycles. The molecule has 2 aromatic rings. The van der Waals surface area contributed by atoms with E-state index >= 15 is 0 Å². The van der Waals surface area contributed by atoms with Crippen LogP contribution in [0, 0.1) is 20.8 Å². The van der Waals surface area contributed by atoms with Gasteiger partial charge < -0.3 is 4.52 Å². The number of rotatable bonds is 2. The monoisotopic (exact) mass is 303 g/mol. The molecule has 108 valence electrons.